The maximum atomic E-state index is 12.9. The van der Waals surface area contributed by atoms with Crippen molar-refractivity contribution >= 4 is 23.8 Å². The molecule has 0 bridgehead atoms. The van der Waals surface area contributed by atoms with Gasteiger partial charge in [-0.1, -0.05) is 24.3 Å². The Labute approximate surface area is 181 Å². The standard InChI is InChI=1S/C23H27N3O5/c1-23(2,3)31-22(30)25-11-5-4-6-17(25)14-7-8-16-15(12-14)13-26(21(16)29)18-9-10-19(27)24-20(18)28/h4-5,7-8,12,17-18H,6,9-11,13H2,1-3H3,(H,24,27,28). The topological polar surface area (TPSA) is 96.0 Å². The van der Waals surface area contributed by atoms with E-state index in [2.05, 4.69) is 5.32 Å². The summed E-state index contributed by atoms with van der Waals surface area (Å²) < 4.78 is 5.57. The Kier molecular flexibility index (Phi) is 5.33. The Morgan fingerprint density at radius 3 is 2.61 bits per heavy atom. The smallest absolute Gasteiger partial charge is 0.411 e. The van der Waals surface area contributed by atoms with Crippen LogP contribution in [-0.4, -0.2) is 51.8 Å². The average Bonchev–Trinajstić information content (AvgIpc) is 3.02. The molecule has 4 amide bonds. The van der Waals surface area contributed by atoms with Gasteiger partial charge in [-0.2, -0.15) is 0 Å². The van der Waals surface area contributed by atoms with E-state index in [9.17, 15) is 19.2 Å². The lowest BCUT2D eigenvalue weighted by Crippen LogP contribution is -2.52. The van der Waals surface area contributed by atoms with E-state index in [1.165, 1.54) is 4.90 Å². The number of fused-ring (bicyclic) bond motifs is 1. The van der Waals surface area contributed by atoms with E-state index in [0.717, 1.165) is 11.1 Å². The van der Waals surface area contributed by atoms with Gasteiger partial charge < -0.3 is 9.64 Å². The maximum absolute atomic E-state index is 12.9. The van der Waals surface area contributed by atoms with E-state index >= 15 is 0 Å². The zero-order valence-corrected chi connectivity index (χ0v) is 18.0. The second kappa shape index (κ2) is 7.83. The van der Waals surface area contributed by atoms with Crippen molar-refractivity contribution in [2.24, 2.45) is 0 Å². The normalized spacial score (nSPS) is 23.6. The number of ether oxygens (including phenoxy) is 1. The van der Waals surface area contributed by atoms with Gasteiger partial charge in [0, 0.05) is 25.1 Å². The number of nitrogens with one attached hydrogen (secondary N) is 1. The van der Waals surface area contributed by atoms with E-state index in [1.54, 1.807) is 11.0 Å². The van der Waals surface area contributed by atoms with Gasteiger partial charge in [-0.05, 0) is 50.8 Å². The highest BCUT2D eigenvalue weighted by atomic mass is 16.6. The molecule has 1 fully saturated rings. The second-order valence-electron chi connectivity index (χ2n) is 9.17. The SMILES string of the molecule is CC(C)(C)OC(=O)N1CC=CCC1c1ccc2c(c1)CN(C1CCC(=O)NC1=O)C2=O. The summed E-state index contributed by atoms with van der Waals surface area (Å²) in [6, 6.07) is 4.75. The largest absolute Gasteiger partial charge is 0.444 e. The summed E-state index contributed by atoms with van der Waals surface area (Å²) in [7, 11) is 0. The van der Waals surface area contributed by atoms with Crippen LogP contribution in [0, 0.1) is 0 Å². The minimum atomic E-state index is -0.642. The summed E-state index contributed by atoms with van der Waals surface area (Å²) in [4.78, 5) is 52.6. The lowest BCUT2D eigenvalue weighted by atomic mass is 9.96. The van der Waals surface area contributed by atoms with Crippen LogP contribution in [-0.2, 0) is 20.9 Å². The Morgan fingerprint density at radius 1 is 1.13 bits per heavy atom. The summed E-state index contributed by atoms with van der Waals surface area (Å²) in [5.41, 5.74) is 1.72. The van der Waals surface area contributed by atoms with Crippen LogP contribution in [0.3, 0.4) is 0 Å². The van der Waals surface area contributed by atoms with Crippen molar-refractivity contribution in [3.8, 4) is 0 Å². The highest BCUT2D eigenvalue weighted by molar-refractivity contribution is 6.05. The lowest BCUT2D eigenvalue weighted by Gasteiger charge is -2.35. The van der Waals surface area contributed by atoms with Crippen molar-refractivity contribution in [3.63, 3.8) is 0 Å². The molecule has 0 spiro atoms. The molecular formula is C23H27N3O5. The molecule has 2 atom stereocenters. The molecule has 164 valence electrons. The highest BCUT2D eigenvalue weighted by Gasteiger charge is 2.39. The molecule has 0 saturated carbocycles. The Morgan fingerprint density at radius 2 is 1.90 bits per heavy atom. The molecule has 1 aromatic rings. The Bertz CT molecular complexity index is 978. The highest BCUT2D eigenvalue weighted by Crippen LogP contribution is 2.34. The average molecular weight is 425 g/mol. The predicted octanol–water partition coefficient (Wildman–Crippen LogP) is 2.69. The number of imide groups is 1. The van der Waals surface area contributed by atoms with Crippen LogP contribution in [0.2, 0.25) is 0 Å². The van der Waals surface area contributed by atoms with Crippen molar-refractivity contribution in [2.75, 3.05) is 6.54 Å². The summed E-state index contributed by atoms with van der Waals surface area (Å²) in [6.45, 7) is 6.28. The van der Waals surface area contributed by atoms with Crippen LogP contribution in [0.25, 0.3) is 0 Å². The molecule has 0 radical (unpaired) electrons. The summed E-state index contributed by atoms with van der Waals surface area (Å²) in [6.07, 6.45) is 4.83. The summed E-state index contributed by atoms with van der Waals surface area (Å²) in [5.74, 6) is -0.935. The third-order valence-corrected chi connectivity index (χ3v) is 5.76. The number of carbonyl (C=O) groups excluding carboxylic acids is 4. The van der Waals surface area contributed by atoms with E-state index < -0.39 is 17.6 Å². The van der Waals surface area contributed by atoms with Gasteiger partial charge >= 0.3 is 6.09 Å². The number of carbonyl (C=O) groups is 4. The summed E-state index contributed by atoms with van der Waals surface area (Å²) >= 11 is 0. The Hall–Kier alpha value is -3.16. The van der Waals surface area contributed by atoms with E-state index in [0.29, 0.717) is 31.5 Å². The van der Waals surface area contributed by atoms with Gasteiger partial charge in [-0.25, -0.2) is 4.79 Å². The molecule has 31 heavy (non-hydrogen) atoms. The second-order valence-corrected chi connectivity index (χ2v) is 9.17. The number of benzene rings is 1. The van der Waals surface area contributed by atoms with Gasteiger partial charge in [0.05, 0.1) is 6.04 Å². The molecule has 0 aromatic heterocycles. The molecule has 3 aliphatic heterocycles. The quantitative estimate of drug-likeness (QED) is 0.581. The third kappa shape index (κ3) is 4.19. The number of piperidine rings is 1. The predicted molar refractivity (Wildman–Crippen MR) is 112 cm³/mol. The first-order valence-corrected chi connectivity index (χ1v) is 10.6. The first-order chi connectivity index (χ1) is 14.6. The number of amides is 4. The molecule has 0 aliphatic carbocycles. The van der Waals surface area contributed by atoms with Crippen molar-refractivity contribution in [2.45, 2.75) is 64.3 Å². The van der Waals surface area contributed by atoms with Crippen molar-refractivity contribution in [1.29, 1.82) is 0 Å². The zero-order valence-electron chi connectivity index (χ0n) is 18.0. The number of hydrogen-bond donors (Lipinski definition) is 1. The van der Waals surface area contributed by atoms with Gasteiger partial charge in [0.2, 0.25) is 11.8 Å². The monoisotopic (exact) mass is 425 g/mol. The molecule has 3 heterocycles. The van der Waals surface area contributed by atoms with E-state index in [4.69, 9.17) is 4.74 Å². The molecule has 1 aromatic carbocycles. The first-order valence-electron chi connectivity index (χ1n) is 10.6. The lowest BCUT2D eigenvalue weighted by molar-refractivity contribution is -0.136. The van der Waals surface area contributed by atoms with Crippen LogP contribution in [0.5, 0.6) is 0 Å². The number of rotatable bonds is 2. The van der Waals surface area contributed by atoms with E-state index in [1.807, 2.05) is 45.1 Å². The zero-order chi connectivity index (χ0) is 22.3. The molecular weight excluding hydrogens is 398 g/mol. The van der Waals surface area contributed by atoms with Crippen LogP contribution >= 0.6 is 0 Å². The molecule has 2 unspecified atom stereocenters. The number of nitrogens with zero attached hydrogens (tertiary/aromatic N) is 2. The molecule has 4 rings (SSSR count). The fourth-order valence-corrected chi connectivity index (χ4v) is 4.31. The van der Waals surface area contributed by atoms with Crippen LogP contribution < -0.4 is 5.32 Å². The van der Waals surface area contributed by atoms with Crippen LogP contribution in [0.15, 0.2) is 30.4 Å². The van der Waals surface area contributed by atoms with Gasteiger partial charge in [-0.3, -0.25) is 24.6 Å². The molecule has 8 heteroatoms. The minimum Gasteiger partial charge on any atom is -0.444 e. The Balaban J connectivity index is 1.56. The fourth-order valence-electron chi connectivity index (χ4n) is 4.31. The van der Waals surface area contributed by atoms with Crippen molar-refractivity contribution < 1.29 is 23.9 Å². The van der Waals surface area contributed by atoms with Crippen LogP contribution in [0.1, 0.15) is 67.6 Å². The van der Waals surface area contributed by atoms with Gasteiger partial charge in [0.25, 0.3) is 5.91 Å². The van der Waals surface area contributed by atoms with Crippen molar-refractivity contribution in [3.05, 3.63) is 47.0 Å². The van der Waals surface area contributed by atoms with Gasteiger partial charge in [0.1, 0.15) is 11.6 Å². The minimum absolute atomic E-state index is 0.190. The van der Waals surface area contributed by atoms with Crippen LogP contribution in [0.4, 0.5) is 4.79 Å². The summed E-state index contributed by atoms with van der Waals surface area (Å²) in [5, 5.41) is 2.32. The van der Waals surface area contributed by atoms with Gasteiger partial charge in [-0.15, -0.1) is 0 Å². The third-order valence-electron chi connectivity index (χ3n) is 5.76. The van der Waals surface area contributed by atoms with E-state index in [-0.39, 0.29) is 30.4 Å². The maximum Gasteiger partial charge on any atom is 0.411 e. The molecule has 1 saturated heterocycles. The van der Waals surface area contributed by atoms with Crippen molar-refractivity contribution in [1.82, 2.24) is 15.1 Å². The molecule has 8 nitrogen and oxygen atoms in total. The first kappa shape index (κ1) is 21.1. The fraction of sp³-hybridized carbons (Fsp3) is 0.478. The molecule has 3 aliphatic rings. The number of hydrogen-bond acceptors (Lipinski definition) is 5. The van der Waals surface area contributed by atoms with Gasteiger partial charge in [0.15, 0.2) is 0 Å². The molecule has 1 N–H and O–H groups in total.